The van der Waals surface area contributed by atoms with E-state index in [0.717, 1.165) is 5.56 Å². The van der Waals surface area contributed by atoms with Crippen molar-refractivity contribution in [3.63, 3.8) is 0 Å². The maximum Gasteiger partial charge on any atom is 0.257 e. The summed E-state index contributed by atoms with van der Waals surface area (Å²) in [6, 6.07) is 10.2. The number of nitrogens with zero attached hydrogens (tertiary/aromatic N) is 2. The van der Waals surface area contributed by atoms with Crippen LogP contribution < -0.4 is 0 Å². The molecule has 0 N–H and O–H groups in total. The molecule has 0 unspecified atom stereocenters. The Morgan fingerprint density at radius 1 is 0.926 bits per heavy atom. The highest BCUT2D eigenvalue weighted by Gasteiger charge is 2.28. The van der Waals surface area contributed by atoms with E-state index in [4.69, 9.17) is 0 Å². The van der Waals surface area contributed by atoms with Crippen LogP contribution in [0.3, 0.4) is 0 Å². The molecule has 0 spiro atoms. The number of amides is 1. The molecule has 1 fully saturated rings. The lowest BCUT2D eigenvalue weighted by Gasteiger charge is -2.34. The minimum absolute atomic E-state index is 0.290. The van der Waals surface area contributed by atoms with Gasteiger partial charge in [-0.2, -0.15) is 0 Å². The van der Waals surface area contributed by atoms with Crippen molar-refractivity contribution in [2.75, 3.05) is 32.7 Å². The first-order valence-corrected chi connectivity index (χ1v) is 8.53. The van der Waals surface area contributed by atoms with Crippen LogP contribution in [0, 0.1) is 23.3 Å². The zero-order valence-electron chi connectivity index (χ0n) is 14.5. The van der Waals surface area contributed by atoms with Gasteiger partial charge in [0.15, 0.2) is 23.3 Å². The summed E-state index contributed by atoms with van der Waals surface area (Å²) in [6.45, 7) is 2.35. The zero-order chi connectivity index (χ0) is 19.4. The molecule has 0 aromatic heterocycles. The quantitative estimate of drug-likeness (QED) is 0.460. The summed E-state index contributed by atoms with van der Waals surface area (Å²) < 4.78 is 53.5. The molecule has 1 heterocycles. The van der Waals surface area contributed by atoms with Crippen molar-refractivity contribution in [1.82, 2.24) is 9.80 Å². The Bertz CT molecular complexity index is 847. The van der Waals surface area contributed by atoms with E-state index in [2.05, 4.69) is 4.90 Å². The Labute approximate surface area is 154 Å². The van der Waals surface area contributed by atoms with Gasteiger partial charge in [0.1, 0.15) is 0 Å². The molecule has 2 aromatic carbocycles. The van der Waals surface area contributed by atoms with Crippen LogP contribution in [0.1, 0.15) is 15.9 Å². The van der Waals surface area contributed by atoms with Crippen LogP contribution in [0.4, 0.5) is 17.6 Å². The number of piperazine rings is 1. The molecule has 3 rings (SSSR count). The fourth-order valence-corrected chi connectivity index (χ4v) is 2.93. The van der Waals surface area contributed by atoms with E-state index in [1.54, 1.807) is 0 Å². The molecular formula is C20H18F4N2O. The smallest absolute Gasteiger partial charge is 0.257 e. The van der Waals surface area contributed by atoms with Gasteiger partial charge in [0.05, 0.1) is 5.56 Å². The topological polar surface area (TPSA) is 23.6 Å². The number of rotatable bonds is 4. The van der Waals surface area contributed by atoms with Crippen LogP contribution in [0.15, 0.2) is 42.5 Å². The summed E-state index contributed by atoms with van der Waals surface area (Å²) in [5.41, 5.74) is 0.297. The molecule has 0 saturated carbocycles. The standard InChI is InChI=1S/C20H18F4N2O/c21-16-13-15(17(22)19(24)18(16)23)20(27)26-11-9-25(10-12-26)8-4-7-14-5-2-1-3-6-14/h1-7,13H,8-12H2. The normalized spacial score (nSPS) is 15.5. The van der Waals surface area contributed by atoms with Gasteiger partial charge in [-0.1, -0.05) is 42.5 Å². The molecule has 7 heteroatoms. The first-order valence-electron chi connectivity index (χ1n) is 8.53. The summed E-state index contributed by atoms with van der Waals surface area (Å²) in [6.07, 6.45) is 4.01. The number of hydrogen-bond donors (Lipinski definition) is 0. The van der Waals surface area contributed by atoms with Gasteiger partial charge >= 0.3 is 0 Å². The maximum atomic E-state index is 13.8. The van der Waals surface area contributed by atoms with E-state index >= 15 is 0 Å². The lowest BCUT2D eigenvalue weighted by molar-refractivity contribution is 0.0643. The second-order valence-corrected chi connectivity index (χ2v) is 6.25. The number of carbonyl (C=O) groups is 1. The highest BCUT2D eigenvalue weighted by atomic mass is 19.2. The Morgan fingerprint density at radius 2 is 1.59 bits per heavy atom. The lowest BCUT2D eigenvalue weighted by atomic mass is 10.1. The highest BCUT2D eigenvalue weighted by molar-refractivity contribution is 5.94. The minimum atomic E-state index is -1.97. The Kier molecular flexibility index (Phi) is 5.91. The minimum Gasteiger partial charge on any atom is -0.336 e. The van der Waals surface area contributed by atoms with Crippen molar-refractivity contribution in [1.29, 1.82) is 0 Å². The fraction of sp³-hybridized carbons (Fsp3) is 0.250. The molecular weight excluding hydrogens is 360 g/mol. The predicted octanol–water partition coefficient (Wildman–Crippen LogP) is 3.71. The molecule has 3 nitrogen and oxygen atoms in total. The molecule has 1 amide bonds. The third kappa shape index (κ3) is 4.36. The van der Waals surface area contributed by atoms with Gasteiger partial charge in [-0.3, -0.25) is 9.69 Å². The van der Waals surface area contributed by atoms with Crippen molar-refractivity contribution in [3.8, 4) is 0 Å². The van der Waals surface area contributed by atoms with E-state index in [9.17, 15) is 22.4 Å². The maximum absolute atomic E-state index is 13.8. The molecule has 0 aliphatic carbocycles. The van der Waals surface area contributed by atoms with Gasteiger partial charge in [0.2, 0.25) is 0 Å². The second kappa shape index (κ2) is 8.35. The first kappa shape index (κ1) is 19.1. The van der Waals surface area contributed by atoms with Gasteiger partial charge in [0.25, 0.3) is 5.91 Å². The van der Waals surface area contributed by atoms with E-state index in [1.165, 1.54) is 4.90 Å². The average Bonchev–Trinajstić information content (AvgIpc) is 2.70. The van der Waals surface area contributed by atoms with Crippen LogP contribution in [0.5, 0.6) is 0 Å². The summed E-state index contributed by atoms with van der Waals surface area (Å²) in [7, 11) is 0. The lowest BCUT2D eigenvalue weighted by Crippen LogP contribution is -2.48. The van der Waals surface area contributed by atoms with Gasteiger partial charge in [-0.05, 0) is 11.6 Å². The third-order valence-electron chi connectivity index (χ3n) is 4.47. The van der Waals surface area contributed by atoms with E-state index < -0.39 is 34.7 Å². The summed E-state index contributed by atoms with van der Waals surface area (Å²) in [4.78, 5) is 15.8. The van der Waals surface area contributed by atoms with Gasteiger partial charge in [0, 0.05) is 32.7 Å². The van der Waals surface area contributed by atoms with Gasteiger partial charge < -0.3 is 4.90 Å². The number of benzene rings is 2. The molecule has 1 saturated heterocycles. The Morgan fingerprint density at radius 3 is 2.26 bits per heavy atom. The largest absolute Gasteiger partial charge is 0.336 e. The predicted molar refractivity (Wildman–Crippen MR) is 94.1 cm³/mol. The summed E-state index contributed by atoms with van der Waals surface area (Å²) in [5.74, 6) is -7.97. The van der Waals surface area contributed by atoms with Crippen LogP contribution >= 0.6 is 0 Å². The molecule has 0 radical (unpaired) electrons. The van der Waals surface area contributed by atoms with E-state index in [-0.39, 0.29) is 13.1 Å². The Hall–Kier alpha value is -2.67. The molecule has 1 aliphatic heterocycles. The molecule has 0 bridgehead atoms. The average molecular weight is 378 g/mol. The molecule has 27 heavy (non-hydrogen) atoms. The number of hydrogen-bond acceptors (Lipinski definition) is 2. The Balaban J connectivity index is 1.58. The van der Waals surface area contributed by atoms with Crippen LogP contribution in [-0.4, -0.2) is 48.4 Å². The van der Waals surface area contributed by atoms with Gasteiger partial charge in [-0.15, -0.1) is 0 Å². The SMILES string of the molecule is O=C(c1cc(F)c(F)c(F)c1F)N1CCN(CC=Cc2ccccc2)CC1. The van der Waals surface area contributed by atoms with Crippen molar-refractivity contribution in [3.05, 3.63) is 76.9 Å². The van der Waals surface area contributed by atoms with Crippen molar-refractivity contribution in [2.24, 2.45) is 0 Å². The zero-order valence-corrected chi connectivity index (χ0v) is 14.5. The first-order chi connectivity index (χ1) is 13.0. The molecule has 2 aromatic rings. The summed E-state index contributed by atoms with van der Waals surface area (Å²) in [5, 5.41) is 0. The molecule has 1 aliphatic rings. The van der Waals surface area contributed by atoms with Crippen molar-refractivity contribution < 1.29 is 22.4 Å². The second-order valence-electron chi connectivity index (χ2n) is 6.25. The van der Waals surface area contributed by atoms with E-state index in [1.807, 2.05) is 42.5 Å². The number of halogens is 4. The van der Waals surface area contributed by atoms with Crippen LogP contribution in [0.2, 0.25) is 0 Å². The highest BCUT2D eigenvalue weighted by Crippen LogP contribution is 2.20. The van der Waals surface area contributed by atoms with Gasteiger partial charge in [-0.25, -0.2) is 17.6 Å². The molecule has 0 atom stereocenters. The molecule has 142 valence electrons. The van der Waals surface area contributed by atoms with Crippen LogP contribution in [-0.2, 0) is 0 Å². The number of carbonyl (C=O) groups excluding carboxylic acids is 1. The third-order valence-corrected chi connectivity index (χ3v) is 4.47. The fourth-order valence-electron chi connectivity index (χ4n) is 2.93. The monoisotopic (exact) mass is 378 g/mol. The van der Waals surface area contributed by atoms with Crippen LogP contribution in [0.25, 0.3) is 6.08 Å². The summed E-state index contributed by atoms with van der Waals surface area (Å²) >= 11 is 0. The van der Waals surface area contributed by atoms with Crippen molar-refractivity contribution >= 4 is 12.0 Å². The van der Waals surface area contributed by atoms with E-state index in [0.29, 0.717) is 25.7 Å². The van der Waals surface area contributed by atoms with Crippen molar-refractivity contribution in [2.45, 2.75) is 0 Å².